The van der Waals surface area contributed by atoms with Gasteiger partial charge in [-0.25, -0.2) is 0 Å². The van der Waals surface area contributed by atoms with Crippen LogP contribution in [0.15, 0.2) is 24.3 Å². The van der Waals surface area contributed by atoms with Crippen molar-refractivity contribution in [3.8, 4) is 0 Å². The van der Waals surface area contributed by atoms with Gasteiger partial charge in [-0.3, -0.25) is 0 Å². The summed E-state index contributed by atoms with van der Waals surface area (Å²) in [6.07, 6.45) is 1.04. The maximum atomic E-state index is 5.84. The van der Waals surface area contributed by atoms with E-state index in [9.17, 15) is 0 Å². The Bertz CT molecular complexity index is 288. The highest BCUT2D eigenvalue weighted by atomic mass is 35.5. The first-order valence-electron chi connectivity index (χ1n) is 4.84. The molecule has 0 bridgehead atoms. The molecule has 0 amide bonds. The van der Waals surface area contributed by atoms with Gasteiger partial charge in [-0.1, -0.05) is 23.7 Å². The Labute approximate surface area is 91.7 Å². The Morgan fingerprint density at radius 3 is 2.07 bits per heavy atom. The highest BCUT2D eigenvalue weighted by molar-refractivity contribution is 6.30. The third-order valence-electron chi connectivity index (χ3n) is 2.76. The summed E-state index contributed by atoms with van der Waals surface area (Å²) in [6, 6.07) is 8.08. The molecule has 0 N–H and O–H groups in total. The molecule has 14 heavy (non-hydrogen) atoms. The monoisotopic (exact) mass is 211 g/mol. The van der Waals surface area contributed by atoms with Crippen LogP contribution in [0.1, 0.15) is 19.4 Å². The molecule has 0 aromatic heterocycles. The highest BCUT2D eigenvalue weighted by Crippen LogP contribution is 2.19. The molecule has 1 aromatic carbocycles. The van der Waals surface area contributed by atoms with Gasteiger partial charge in [0, 0.05) is 10.6 Å². The lowest BCUT2D eigenvalue weighted by Gasteiger charge is -2.32. The molecule has 0 aliphatic rings. The first kappa shape index (κ1) is 11.5. The topological polar surface area (TPSA) is 3.24 Å². The largest absolute Gasteiger partial charge is 0.304 e. The van der Waals surface area contributed by atoms with Gasteiger partial charge in [-0.2, -0.15) is 0 Å². The molecule has 0 aliphatic carbocycles. The minimum atomic E-state index is 0.188. The summed E-state index contributed by atoms with van der Waals surface area (Å²) < 4.78 is 0. The molecule has 78 valence electrons. The second-order valence-electron chi connectivity index (χ2n) is 4.51. The Hall–Kier alpha value is -0.530. The summed E-state index contributed by atoms with van der Waals surface area (Å²) in [7, 11) is 4.21. The summed E-state index contributed by atoms with van der Waals surface area (Å²) in [5.41, 5.74) is 1.52. The molecule has 0 spiro atoms. The molecule has 0 saturated carbocycles. The molecule has 1 nitrogen and oxygen atoms in total. The van der Waals surface area contributed by atoms with Gasteiger partial charge in [0.25, 0.3) is 0 Å². The third-order valence-corrected chi connectivity index (χ3v) is 3.01. The van der Waals surface area contributed by atoms with Crippen LogP contribution in [0.4, 0.5) is 0 Å². The van der Waals surface area contributed by atoms with Gasteiger partial charge in [-0.15, -0.1) is 0 Å². The smallest absolute Gasteiger partial charge is 0.0406 e. The summed E-state index contributed by atoms with van der Waals surface area (Å²) in [4.78, 5) is 2.24. The van der Waals surface area contributed by atoms with E-state index < -0.39 is 0 Å². The molecule has 0 fully saturated rings. The summed E-state index contributed by atoms with van der Waals surface area (Å²) in [5, 5.41) is 0.802. The minimum absolute atomic E-state index is 0.188. The van der Waals surface area contributed by atoms with Crippen LogP contribution in [0.25, 0.3) is 0 Å². The number of hydrogen-bond acceptors (Lipinski definition) is 1. The number of rotatable bonds is 3. The average Bonchev–Trinajstić information content (AvgIpc) is 2.08. The number of benzene rings is 1. The summed E-state index contributed by atoms with van der Waals surface area (Å²) in [6.45, 7) is 4.48. The summed E-state index contributed by atoms with van der Waals surface area (Å²) in [5.74, 6) is 0. The second-order valence-corrected chi connectivity index (χ2v) is 4.95. The van der Waals surface area contributed by atoms with Gasteiger partial charge in [0.15, 0.2) is 0 Å². The number of likely N-dealkylation sites (N-methyl/N-ethyl adjacent to an activating group) is 1. The van der Waals surface area contributed by atoms with Crippen LogP contribution in [0.2, 0.25) is 5.02 Å². The lowest BCUT2D eigenvalue weighted by atomic mass is 9.94. The van der Waals surface area contributed by atoms with Crippen LogP contribution >= 0.6 is 11.6 Å². The van der Waals surface area contributed by atoms with Gasteiger partial charge < -0.3 is 4.90 Å². The van der Waals surface area contributed by atoms with E-state index in [0.717, 1.165) is 11.4 Å². The molecule has 0 unspecified atom stereocenters. The predicted octanol–water partition coefficient (Wildman–Crippen LogP) is 3.22. The van der Waals surface area contributed by atoms with E-state index in [0.29, 0.717) is 0 Å². The molecule has 2 heteroatoms. The first-order valence-corrected chi connectivity index (χ1v) is 5.21. The highest BCUT2D eigenvalue weighted by Gasteiger charge is 2.20. The van der Waals surface area contributed by atoms with Crippen LogP contribution in [-0.4, -0.2) is 24.5 Å². The third kappa shape index (κ3) is 3.00. The molecule has 0 radical (unpaired) electrons. The molecule has 1 rings (SSSR count). The molecule has 0 heterocycles. The van der Waals surface area contributed by atoms with Gasteiger partial charge in [0.1, 0.15) is 0 Å². The Balaban J connectivity index is 2.74. The Morgan fingerprint density at radius 2 is 1.64 bits per heavy atom. The van der Waals surface area contributed by atoms with Crippen molar-refractivity contribution in [2.24, 2.45) is 0 Å². The van der Waals surface area contributed by atoms with E-state index in [1.54, 1.807) is 0 Å². The van der Waals surface area contributed by atoms with Crippen LogP contribution in [0.5, 0.6) is 0 Å². The minimum Gasteiger partial charge on any atom is -0.304 e. The van der Waals surface area contributed by atoms with Crippen LogP contribution in [-0.2, 0) is 6.42 Å². The maximum absolute atomic E-state index is 5.84. The van der Waals surface area contributed by atoms with Gasteiger partial charge in [-0.05, 0) is 52.1 Å². The summed E-state index contributed by atoms with van der Waals surface area (Å²) >= 11 is 5.84. The van der Waals surface area contributed by atoms with E-state index in [4.69, 9.17) is 11.6 Å². The van der Waals surface area contributed by atoms with E-state index in [2.05, 4.69) is 45.0 Å². The maximum Gasteiger partial charge on any atom is 0.0406 e. The second kappa shape index (κ2) is 4.33. The van der Waals surface area contributed by atoms with Gasteiger partial charge in [0.05, 0.1) is 0 Å². The standard InChI is InChI=1S/C12H18ClN/c1-12(2,14(3)4)9-10-5-7-11(13)8-6-10/h5-8H,9H2,1-4H3. The van der Waals surface area contributed by atoms with Crippen LogP contribution in [0.3, 0.4) is 0 Å². The van der Waals surface area contributed by atoms with Crippen molar-refractivity contribution < 1.29 is 0 Å². The molecule has 0 atom stereocenters. The molecular formula is C12H18ClN. The molecule has 0 saturated heterocycles. The number of halogens is 1. The van der Waals surface area contributed by atoms with E-state index in [1.807, 2.05) is 12.1 Å². The fraction of sp³-hybridized carbons (Fsp3) is 0.500. The first-order chi connectivity index (χ1) is 6.42. The molecule has 0 aliphatic heterocycles. The SMILES string of the molecule is CN(C)C(C)(C)Cc1ccc(Cl)cc1. The Kier molecular flexibility index (Phi) is 3.57. The number of hydrogen-bond donors (Lipinski definition) is 0. The molecular weight excluding hydrogens is 194 g/mol. The zero-order valence-electron chi connectivity index (χ0n) is 9.34. The fourth-order valence-electron chi connectivity index (χ4n) is 1.26. The lowest BCUT2D eigenvalue weighted by molar-refractivity contribution is 0.195. The van der Waals surface area contributed by atoms with E-state index in [-0.39, 0.29) is 5.54 Å². The predicted molar refractivity (Wildman–Crippen MR) is 62.9 cm³/mol. The Morgan fingerprint density at radius 1 is 1.14 bits per heavy atom. The lowest BCUT2D eigenvalue weighted by Crippen LogP contribution is -2.40. The normalized spacial score (nSPS) is 12.1. The molecule has 1 aromatic rings. The van der Waals surface area contributed by atoms with Crippen LogP contribution < -0.4 is 0 Å². The van der Waals surface area contributed by atoms with Crippen molar-refractivity contribution >= 4 is 11.6 Å². The zero-order valence-corrected chi connectivity index (χ0v) is 10.1. The van der Waals surface area contributed by atoms with Crippen molar-refractivity contribution in [1.82, 2.24) is 4.90 Å². The van der Waals surface area contributed by atoms with E-state index in [1.165, 1.54) is 5.56 Å². The van der Waals surface area contributed by atoms with Crippen LogP contribution in [0, 0.1) is 0 Å². The zero-order chi connectivity index (χ0) is 10.8. The van der Waals surface area contributed by atoms with Crippen molar-refractivity contribution in [3.63, 3.8) is 0 Å². The van der Waals surface area contributed by atoms with Gasteiger partial charge in [0.2, 0.25) is 0 Å². The van der Waals surface area contributed by atoms with Crippen molar-refractivity contribution in [2.75, 3.05) is 14.1 Å². The fourth-order valence-corrected chi connectivity index (χ4v) is 1.39. The quantitative estimate of drug-likeness (QED) is 0.742. The van der Waals surface area contributed by atoms with Gasteiger partial charge >= 0.3 is 0 Å². The number of nitrogens with zero attached hydrogens (tertiary/aromatic N) is 1. The van der Waals surface area contributed by atoms with E-state index >= 15 is 0 Å². The average molecular weight is 212 g/mol. The van der Waals surface area contributed by atoms with Crippen molar-refractivity contribution in [2.45, 2.75) is 25.8 Å². The van der Waals surface area contributed by atoms with Crippen molar-refractivity contribution in [1.29, 1.82) is 0 Å². The van der Waals surface area contributed by atoms with Crippen molar-refractivity contribution in [3.05, 3.63) is 34.9 Å².